The number of nitrogens with one attached hydrogen (secondary N) is 2. The Morgan fingerprint density at radius 2 is 1.81 bits per heavy atom. The first-order valence-corrected chi connectivity index (χ1v) is 8.93. The third-order valence-corrected chi connectivity index (χ3v) is 4.50. The van der Waals surface area contributed by atoms with Crippen LogP contribution in [0.1, 0.15) is 17.0 Å². The van der Waals surface area contributed by atoms with E-state index in [4.69, 9.17) is 23.8 Å². The summed E-state index contributed by atoms with van der Waals surface area (Å²) in [4.78, 5) is 0. The summed E-state index contributed by atoms with van der Waals surface area (Å²) in [5.41, 5.74) is 3.53. The fraction of sp³-hybridized carbons (Fsp3) is 0.158. The molecular formula is C19H17ClF2N4S. The van der Waals surface area contributed by atoms with Crippen LogP contribution >= 0.6 is 23.8 Å². The van der Waals surface area contributed by atoms with E-state index in [1.165, 1.54) is 6.07 Å². The number of anilines is 2. The van der Waals surface area contributed by atoms with Gasteiger partial charge >= 0.3 is 0 Å². The van der Waals surface area contributed by atoms with Gasteiger partial charge in [0.2, 0.25) is 0 Å². The molecular weight excluding hydrogens is 390 g/mol. The van der Waals surface area contributed by atoms with Gasteiger partial charge in [0, 0.05) is 11.1 Å². The van der Waals surface area contributed by atoms with Crippen LogP contribution in [-0.4, -0.2) is 14.9 Å². The molecule has 1 heterocycles. The maximum atomic E-state index is 13.8. The fourth-order valence-electron chi connectivity index (χ4n) is 2.65. The molecule has 0 aliphatic rings. The minimum atomic E-state index is -0.717. The molecule has 1 aromatic heterocycles. The van der Waals surface area contributed by atoms with Crippen LogP contribution in [0.5, 0.6) is 0 Å². The van der Waals surface area contributed by atoms with Crippen molar-refractivity contribution in [1.29, 1.82) is 0 Å². The van der Waals surface area contributed by atoms with Gasteiger partial charge < -0.3 is 10.6 Å². The van der Waals surface area contributed by atoms with Gasteiger partial charge in [0.1, 0.15) is 11.6 Å². The van der Waals surface area contributed by atoms with Gasteiger partial charge in [0.05, 0.1) is 29.3 Å². The predicted octanol–water partition coefficient (Wildman–Crippen LogP) is 5.29. The normalized spacial score (nSPS) is 10.7. The molecule has 0 unspecified atom stereocenters. The van der Waals surface area contributed by atoms with E-state index in [1.807, 2.05) is 42.8 Å². The highest BCUT2D eigenvalue weighted by Gasteiger charge is 2.14. The van der Waals surface area contributed by atoms with E-state index in [0.29, 0.717) is 11.6 Å². The number of rotatable bonds is 4. The minimum absolute atomic E-state index is 0.0952. The van der Waals surface area contributed by atoms with Gasteiger partial charge in [-0.15, -0.1) is 0 Å². The van der Waals surface area contributed by atoms with E-state index in [0.717, 1.165) is 34.8 Å². The van der Waals surface area contributed by atoms with E-state index in [9.17, 15) is 8.78 Å². The Kier molecular flexibility index (Phi) is 5.72. The van der Waals surface area contributed by atoms with Gasteiger partial charge in [-0.05, 0) is 55.9 Å². The number of benzene rings is 2. The Hall–Kier alpha value is -2.51. The SMILES string of the molecule is Cc1nn(Cc2ccc(Cl)cc2)c(C)c1NC(=S)Nc1ccc(F)cc1F. The first-order valence-electron chi connectivity index (χ1n) is 8.15. The smallest absolute Gasteiger partial charge is 0.175 e. The molecule has 0 aliphatic carbocycles. The van der Waals surface area contributed by atoms with Crippen molar-refractivity contribution in [3.8, 4) is 0 Å². The van der Waals surface area contributed by atoms with E-state index in [2.05, 4.69) is 15.7 Å². The summed E-state index contributed by atoms with van der Waals surface area (Å²) in [6, 6.07) is 10.8. The predicted molar refractivity (Wildman–Crippen MR) is 108 cm³/mol. The molecule has 4 nitrogen and oxygen atoms in total. The molecule has 0 saturated carbocycles. The van der Waals surface area contributed by atoms with Gasteiger partial charge in [0.15, 0.2) is 5.11 Å². The third-order valence-electron chi connectivity index (χ3n) is 4.04. The first kappa shape index (κ1) is 19.3. The van der Waals surface area contributed by atoms with Crippen LogP contribution < -0.4 is 10.6 Å². The molecule has 2 N–H and O–H groups in total. The molecule has 3 rings (SSSR count). The van der Waals surface area contributed by atoms with Gasteiger partial charge in [-0.3, -0.25) is 4.68 Å². The van der Waals surface area contributed by atoms with E-state index in [-0.39, 0.29) is 10.8 Å². The zero-order chi connectivity index (χ0) is 19.6. The van der Waals surface area contributed by atoms with Crippen molar-refractivity contribution in [1.82, 2.24) is 9.78 Å². The molecule has 0 fully saturated rings. The van der Waals surface area contributed by atoms with Crippen molar-refractivity contribution in [2.24, 2.45) is 0 Å². The van der Waals surface area contributed by atoms with E-state index < -0.39 is 11.6 Å². The Balaban J connectivity index is 1.74. The number of thiocarbonyl (C=S) groups is 1. The second-order valence-corrected chi connectivity index (χ2v) is 6.88. The third kappa shape index (κ3) is 4.61. The number of aromatic nitrogens is 2. The average molecular weight is 407 g/mol. The molecule has 2 aromatic carbocycles. The summed E-state index contributed by atoms with van der Waals surface area (Å²) >= 11 is 11.2. The van der Waals surface area contributed by atoms with Crippen LogP contribution in [0.2, 0.25) is 5.02 Å². The number of halogens is 3. The van der Waals surface area contributed by atoms with Crippen LogP contribution in [0.25, 0.3) is 0 Å². The topological polar surface area (TPSA) is 41.9 Å². The van der Waals surface area contributed by atoms with Crippen molar-refractivity contribution in [2.45, 2.75) is 20.4 Å². The lowest BCUT2D eigenvalue weighted by molar-refractivity contribution is 0.586. The van der Waals surface area contributed by atoms with Crippen molar-refractivity contribution in [2.75, 3.05) is 10.6 Å². The summed E-state index contributed by atoms with van der Waals surface area (Å²) in [5, 5.41) is 11.2. The molecule has 3 aromatic rings. The molecule has 8 heteroatoms. The monoisotopic (exact) mass is 406 g/mol. The van der Waals surface area contributed by atoms with Crippen LogP contribution in [0.15, 0.2) is 42.5 Å². The quantitative estimate of drug-likeness (QED) is 0.578. The average Bonchev–Trinajstić information content (AvgIpc) is 2.87. The van der Waals surface area contributed by atoms with Crippen molar-refractivity contribution in [3.05, 3.63) is 76.1 Å². The zero-order valence-corrected chi connectivity index (χ0v) is 16.3. The summed E-state index contributed by atoms with van der Waals surface area (Å²) in [6.45, 7) is 4.35. The summed E-state index contributed by atoms with van der Waals surface area (Å²) in [7, 11) is 0. The second-order valence-electron chi connectivity index (χ2n) is 6.03. The van der Waals surface area contributed by atoms with Gasteiger partial charge in [-0.1, -0.05) is 23.7 Å². The first-order chi connectivity index (χ1) is 12.8. The summed E-state index contributed by atoms with van der Waals surface area (Å²) < 4.78 is 28.6. The highest BCUT2D eigenvalue weighted by Crippen LogP contribution is 2.22. The Morgan fingerprint density at radius 3 is 2.48 bits per heavy atom. The van der Waals surface area contributed by atoms with Crippen molar-refractivity contribution >= 4 is 40.3 Å². The Morgan fingerprint density at radius 1 is 1.11 bits per heavy atom. The highest BCUT2D eigenvalue weighted by atomic mass is 35.5. The van der Waals surface area contributed by atoms with Gasteiger partial charge in [-0.25, -0.2) is 8.78 Å². The fourth-order valence-corrected chi connectivity index (χ4v) is 2.99. The second kappa shape index (κ2) is 8.02. The Labute approximate surface area is 166 Å². The summed E-state index contributed by atoms with van der Waals surface area (Å²) in [5.74, 6) is -1.36. The Bertz CT molecular complexity index is 986. The lowest BCUT2D eigenvalue weighted by Crippen LogP contribution is -2.20. The van der Waals surface area contributed by atoms with E-state index in [1.54, 1.807) is 0 Å². The lowest BCUT2D eigenvalue weighted by atomic mass is 10.2. The molecule has 0 saturated heterocycles. The molecule has 0 spiro atoms. The van der Waals surface area contributed by atoms with Crippen LogP contribution in [0.4, 0.5) is 20.2 Å². The number of nitrogens with zero attached hydrogens (tertiary/aromatic N) is 2. The minimum Gasteiger partial charge on any atom is -0.330 e. The molecule has 0 atom stereocenters. The van der Waals surface area contributed by atoms with Gasteiger partial charge in [-0.2, -0.15) is 5.10 Å². The molecule has 0 aliphatic heterocycles. The van der Waals surface area contributed by atoms with Crippen molar-refractivity contribution in [3.63, 3.8) is 0 Å². The maximum absolute atomic E-state index is 13.8. The zero-order valence-electron chi connectivity index (χ0n) is 14.7. The lowest BCUT2D eigenvalue weighted by Gasteiger charge is -2.12. The molecule has 0 radical (unpaired) electrons. The number of hydrogen-bond donors (Lipinski definition) is 2. The van der Waals surface area contributed by atoms with Crippen LogP contribution in [0.3, 0.4) is 0 Å². The van der Waals surface area contributed by atoms with E-state index >= 15 is 0 Å². The molecule has 0 bridgehead atoms. The summed E-state index contributed by atoms with van der Waals surface area (Å²) in [6.07, 6.45) is 0. The van der Waals surface area contributed by atoms with Crippen molar-refractivity contribution < 1.29 is 8.78 Å². The molecule has 27 heavy (non-hydrogen) atoms. The molecule has 140 valence electrons. The largest absolute Gasteiger partial charge is 0.330 e. The van der Waals surface area contributed by atoms with Crippen LogP contribution in [-0.2, 0) is 6.54 Å². The number of hydrogen-bond acceptors (Lipinski definition) is 2. The number of aryl methyl sites for hydroxylation is 1. The van der Waals surface area contributed by atoms with Crippen LogP contribution in [0, 0.1) is 25.5 Å². The standard InChI is InChI=1S/C19H17ClF2N4S/c1-11-18(24-19(27)23-17-8-7-15(21)9-16(17)22)12(2)26(25-11)10-13-3-5-14(20)6-4-13/h3-9H,10H2,1-2H3,(H2,23,24,27). The highest BCUT2D eigenvalue weighted by molar-refractivity contribution is 7.80. The molecule has 0 amide bonds. The van der Waals surface area contributed by atoms with Gasteiger partial charge in [0.25, 0.3) is 0 Å². The maximum Gasteiger partial charge on any atom is 0.175 e.